The van der Waals surface area contributed by atoms with E-state index < -0.39 is 6.09 Å². The molecule has 1 amide bonds. The number of carbonyl (C=O) groups excluding carboxylic acids is 1. The average molecular weight is 244 g/mol. The SMILES string of the molecule is COC(=O)Nc1ccc(CBr)cc1. The molecule has 1 rings (SSSR count). The zero-order valence-corrected chi connectivity index (χ0v) is 8.80. The third kappa shape index (κ3) is 3.06. The van der Waals surface area contributed by atoms with E-state index in [1.54, 1.807) is 0 Å². The summed E-state index contributed by atoms with van der Waals surface area (Å²) >= 11 is 3.33. The fourth-order valence-electron chi connectivity index (χ4n) is 0.846. The molecular weight excluding hydrogens is 234 g/mol. The van der Waals surface area contributed by atoms with E-state index in [1.165, 1.54) is 7.11 Å². The van der Waals surface area contributed by atoms with E-state index in [0.29, 0.717) is 0 Å². The molecule has 0 aromatic heterocycles. The Bertz CT molecular complexity index is 284. The molecule has 70 valence electrons. The third-order valence-corrected chi connectivity index (χ3v) is 2.19. The topological polar surface area (TPSA) is 38.3 Å². The lowest BCUT2D eigenvalue weighted by Gasteiger charge is -2.03. The number of carbonyl (C=O) groups is 1. The molecule has 0 radical (unpaired) electrons. The second-order valence-corrected chi connectivity index (χ2v) is 3.01. The fraction of sp³-hybridized carbons (Fsp3) is 0.222. The van der Waals surface area contributed by atoms with Crippen molar-refractivity contribution in [2.45, 2.75) is 5.33 Å². The summed E-state index contributed by atoms with van der Waals surface area (Å²) in [5.41, 5.74) is 1.90. The Morgan fingerprint density at radius 1 is 1.46 bits per heavy atom. The summed E-state index contributed by atoms with van der Waals surface area (Å²) in [5, 5.41) is 3.38. The number of amides is 1. The number of rotatable bonds is 2. The zero-order valence-electron chi connectivity index (χ0n) is 7.21. The molecule has 0 spiro atoms. The molecule has 4 heteroatoms. The summed E-state index contributed by atoms with van der Waals surface area (Å²) in [5.74, 6) is 0. The Kier molecular flexibility index (Phi) is 3.76. The summed E-state index contributed by atoms with van der Waals surface area (Å²) in [6.07, 6.45) is -0.452. The third-order valence-electron chi connectivity index (χ3n) is 1.54. The van der Waals surface area contributed by atoms with Gasteiger partial charge in [0.2, 0.25) is 0 Å². The first-order chi connectivity index (χ1) is 6.26. The molecule has 0 aliphatic rings. The molecule has 0 saturated heterocycles. The van der Waals surface area contributed by atoms with Crippen molar-refractivity contribution >= 4 is 27.7 Å². The van der Waals surface area contributed by atoms with Crippen molar-refractivity contribution in [3.8, 4) is 0 Å². The monoisotopic (exact) mass is 243 g/mol. The van der Waals surface area contributed by atoms with Gasteiger partial charge in [0.15, 0.2) is 0 Å². The van der Waals surface area contributed by atoms with Crippen LogP contribution < -0.4 is 5.32 Å². The zero-order chi connectivity index (χ0) is 9.68. The first-order valence-corrected chi connectivity index (χ1v) is 4.88. The van der Waals surface area contributed by atoms with Crippen LogP contribution >= 0.6 is 15.9 Å². The van der Waals surface area contributed by atoms with E-state index in [1.807, 2.05) is 24.3 Å². The Hall–Kier alpha value is -1.03. The summed E-state index contributed by atoms with van der Waals surface area (Å²) in [4.78, 5) is 10.8. The van der Waals surface area contributed by atoms with E-state index in [9.17, 15) is 4.79 Å². The van der Waals surface area contributed by atoms with Crippen molar-refractivity contribution in [3.63, 3.8) is 0 Å². The number of hydrogen-bond donors (Lipinski definition) is 1. The van der Waals surface area contributed by atoms with Gasteiger partial charge in [-0.25, -0.2) is 4.79 Å². The van der Waals surface area contributed by atoms with Crippen LogP contribution in [-0.2, 0) is 10.1 Å². The second-order valence-electron chi connectivity index (χ2n) is 2.45. The van der Waals surface area contributed by atoms with Gasteiger partial charge in [0.05, 0.1) is 7.11 Å². The molecule has 0 heterocycles. The molecule has 1 N–H and O–H groups in total. The average Bonchev–Trinajstić information content (AvgIpc) is 2.19. The molecule has 0 aliphatic carbocycles. The van der Waals surface area contributed by atoms with Gasteiger partial charge in [0.1, 0.15) is 0 Å². The molecule has 0 aliphatic heterocycles. The van der Waals surface area contributed by atoms with Gasteiger partial charge >= 0.3 is 6.09 Å². The molecule has 3 nitrogen and oxygen atoms in total. The van der Waals surface area contributed by atoms with E-state index >= 15 is 0 Å². The van der Waals surface area contributed by atoms with Gasteiger partial charge in [-0.15, -0.1) is 0 Å². The maximum absolute atomic E-state index is 10.8. The molecular formula is C9H10BrNO2. The van der Waals surface area contributed by atoms with Crippen molar-refractivity contribution in [1.29, 1.82) is 0 Å². The summed E-state index contributed by atoms with van der Waals surface area (Å²) < 4.78 is 4.45. The Labute approximate surface area is 85.2 Å². The van der Waals surface area contributed by atoms with Crippen molar-refractivity contribution in [2.24, 2.45) is 0 Å². The highest BCUT2D eigenvalue weighted by Gasteiger charge is 1.99. The van der Waals surface area contributed by atoms with Gasteiger partial charge in [-0.1, -0.05) is 28.1 Å². The number of hydrogen-bond acceptors (Lipinski definition) is 2. The lowest BCUT2D eigenvalue weighted by atomic mass is 10.2. The van der Waals surface area contributed by atoms with Crippen LogP contribution in [0.25, 0.3) is 0 Å². The number of nitrogens with one attached hydrogen (secondary N) is 1. The van der Waals surface area contributed by atoms with Crippen LogP contribution in [0.3, 0.4) is 0 Å². The molecule has 0 unspecified atom stereocenters. The highest BCUT2D eigenvalue weighted by molar-refractivity contribution is 9.08. The summed E-state index contributed by atoms with van der Waals surface area (Å²) in [6, 6.07) is 7.51. The highest BCUT2D eigenvalue weighted by atomic mass is 79.9. The van der Waals surface area contributed by atoms with E-state index in [4.69, 9.17) is 0 Å². The van der Waals surface area contributed by atoms with E-state index in [-0.39, 0.29) is 0 Å². The first-order valence-electron chi connectivity index (χ1n) is 3.76. The minimum atomic E-state index is -0.452. The molecule has 0 fully saturated rings. The minimum absolute atomic E-state index is 0.452. The molecule has 1 aromatic rings. The quantitative estimate of drug-likeness (QED) is 0.812. The van der Waals surface area contributed by atoms with Crippen molar-refractivity contribution in [2.75, 3.05) is 12.4 Å². The van der Waals surface area contributed by atoms with Crippen LogP contribution in [0.2, 0.25) is 0 Å². The Morgan fingerprint density at radius 2 is 2.08 bits per heavy atom. The summed E-state index contributed by atoms with van der Waals surface area (Å²) in [7, 11) is 1.34. The lowest BCUT2D eigenvalue weighted by molar-refractivity contribution is 0.187. The van der Waals surface area contributed by atoms with Crippen LogP contribution in [0.15, 0.2) is 24.3 Å². The normalized spacial score (nSPS) is 9.38. The predicted molar refractivity (Wildman–Crippen MR) is 55.1 cm³/mol. The van der Waals surface area contributed by atoms with Crippen molar-refractivity contribution < 1.29 is 9.53 Å². The molecule has 0 bridgehead atoms. The number of ether oxygens (including phenoxy) is 1. The van der Waals surface area contributed by atoms with Gasteiger partial charge in [0, 0.05) is 11.0 Å². The number of halogens is 1. The van der Waals surface area contributed by atoms with E-state index in [0.717, 1.165) is 16.6 Å². The fourth-order valence-corrected chi connectivity index (χ4v) is 1.22. The lowest BCUT2D eigenvalue weighted by Crippen LogP contribution is -2.10. The molecule has 0 saturated carbocycles. The Balaban J connectivity index is 2.64. The van der Waals surface area contributed by atoms with Crippen LogP contribution in [-0.4, -0.2) is 13.2 Å². The molecule has 1 aromatic carbocycles. The van der Waals surface area contributed by atoms with Gasteiger partial charge in [0.25, 0.3) is 0 Å². The van der Waals surface area contributed by atoms with E-state index in [2.05, 4.69) is 26.0 Å². The predicted octanol–water partition coefficient (Wildman–Crippen LogP) is 2.76. The number of anilines is 1. The highest BCUT2D eigenvalue weighted by Crippen LogP contribution is 2.11. The first kappa shape index (κ1) is 10.1. The van der Waals surface area contributed by atoms with Gasteiger partial charge in [-0.2, -0.15) is 0 Å². The van der Waals surface area contributed by atoms with Crippen LogP contribution in [0.4, 0.5) is 10.5 Å². The van der Waals surface area contributed by atoms with Crippen LogP contribution in [0.1, 0.15) is 5.56 Å². The van der Waals surface area contributed by atoms with Crippen molar-refractivity contribution in [3.05, 3.63) is 29.8 Å². The Morgan fingerprint density at radius 3 is 2.54 bits per heavy atom. The minimum Gasteiger partial charge on any atom is -0.453 e. The second kappa shape index (κ2) is 4.87. The van der Waals surface area contributed by atoms with Crippen LogP contribution in [0.5, 0.6) is 0 Å². The number of benzene rings is 1. The van der Waals surface area contributed by atoms with Crippen molar-refractivity contribution in [1.82, 2.24) is 0 Å². The maximum Gasteiger partial charge on any atom is 0.411 e. The molecule has 13 heavy (non-hydrogen) atoms. The van der Waals surface area contributed by atoms with Gasteiger partial charge in [-0.3, -0.25) is 5.32 Å². The van der Waals surface area contributed by atoms with Gasteiger partial charge in [-0.05, 0) is 17.7 Å². The number of alkyl halides is 1. The molecule has 0 atom stereocenters. The van der Waals surface area contributed by atoms with Gasteiger partial charge < -0.3 is 4.74 Å². The van der Waals surface area contributed by atoms with Crippen LogP contribution in [0, 0.1) is 0 Å². The smallest absolute Gasteiger partial charge is 0.411 e. The largest absolute Gasteiger partial charge is 0.453 e. The maximum atomic E-state index is 10.8. The summed E-state index contributed by atoms with van der Waals surface area (Å²) in [6.45, 7) is 0. The standard InChI is InChI=1S/C9H10BrNO2/c1-13-9(12)11-8-4-2-7(6-10)3-5-8/h2-5H,6H2,1H3,(H,11,12). The number of methoxy groups -OCH3 is 1.